The molecule has 0 atom stereocenters. The first-order chi connectivity index (χ1) is 5.86. The highest BCUT2D eigenvalue weighted by Gasteiger charge is 1.99. The minimum atomic E-state index is 1.06. The van der Waals surface area contributed by atoms with Crippen molar-refractivity contribution in [2.45, 2.75) is 19.8 Å². The predicted molar refractivity (Wildman–Crippen MR) is 49.6 cm³/mol. The van der Waals surface area contributed by atoms with Crippen LogP contribution in [0.4, 0.5) is 0 Å². The summed E-state index contributed by atoms with van der Waals surface area (Å²) in [5.41, 5.74) is 2.30. The van der Waals surface area contributed by atoms with Crippen LogP contribution in [-0.4, -0.2) is 9.55 Å². The average molecular weight is 160 g/mol. The summed E-state index contributed by atoms with van der Waals surface area (Å²) >= 11 is 0. The molecule has 2 nitrogen and oxygen atoms in total. The van der Waals surface area contributed by atoms with E-state index < -0.39 is 0 Å². The number of hydrogen-bond acceptors (Lipinski definition) is 1. The highest BCUT2D eigenvalue weighted by Crippen LogP contribution is 2.14. The van der Waals surface area contributed by atoms with E-state index in [0.717, 1.165) is 18.5 Å². The fraction of sp³-hybridized carbons (Fsp3) is 0.300. The van der Waals surface area contributed by atoms with Crippen molar-refractivity contribution in [3.05, 3.63) is 36.4 Å². The Morgan fingerprint density at radius 3 is 2.92 bits per heavy atom. The Morgan fingerprint density at radius 1 is 1.42 bits per heavy atom. The molecule has 2 heteroatoms. The van der Waals surface area contributed by atoms with Crippen LogP contribution in [0.5, 0.6) is 0 Å². The van der Waals surface area contributed by atoms with Crippen molar-refractivity contribution >= 4 is 5.70 Å². The van der Waals surface area contributed by atoms with Gasteiger partial charge in [0, 0.05) is 11.9 Å². The second-order valence-corrected chi connectivity index (χ2v) is 3.03. The molecule has 0 saturated heterocycles. The topological polar surface area (TPSA) is 17.8 Å². The summed E-state index contributed by atoms with van der Waals surface area (Å²) in [6, 6.07) is 0. The Labute approximate surface area is 72.2 Å². The van der Waals surface area contributed by atoms with Gasteiger partial charge in [0.15, 0.2) is 0 Å². The van der Waals surface area contributed by atoms with E-state index in [0.29, 0.717) is 0 Å². The zero-order valence-electron chi connectivity index (χ0n) is 7.20. The van der Waals surface area contributed by atoms with Gasteiger partial charge in [-0.2, -0.15) is 0 Å². The van der Waals surface area contributed by atoms with E-state index in [9.17, 15) is 0 Å². The normalized spacial score (nSPS) is 16.2. The first kappa shape index (κ1) is 7.35. The molecule has 1 aromatic rings. The van der Waals surface area contributed by atoms with Gasteiger partial charge in [0.1, 0.15) is 0 Å². The highest BCUT2D eigenvalue weighted by atomic mass is 15.0. The molecule has 0 amide bonds. The van der Waals surface area contributed by atoms with Gasteiger partial charge in [0.25, 0.3) is 0 Å². The molecule has 2 rings (SSSR count). The van der Waals surface area contributed by atoms with E-state index in [2.05, 4.69) is 27.8 Å². The number of aryl methyl sites for hydroxylation is 1. The fourth-order valence-corrected chi connectivity index (χ4v) is 1.35. The summed E-state index contributed by atoms with van der Waals surface area (Å²) in [5, 5.41) is 0. The maximum Gasteiger partial charge on any atom is 0.0994 e. The van der Waals surface area contributed by atoms with Crippen LogP contribution >= 0.6 is 0 Å². The molecule has 0 N–H and O–H groups in total. The van der Waals surface area contributed by atoms with Crippen LogP contribution in [0.25, 0.3) is 5.70 Å². The fourth-order valence-electron chi connectivity index (χ4n) is 1.35. The van der Waals surface area contributed by atoms with Gasteiger partial charge >= 0.3 is 0 Å². The number of nitrogens with zero attached hydrogens (tertiary/aromatic N) is 2. The van der Waals surface area contributed by atoms with Gasteiger partial charge in [-0.15, -0.1) is 0 Å². The quantitative estimate of drug-likeness (QED) is 0.616. The third-order valence-corrected chi connectivity index (χ3v) is 1.99. The van der Waals surface area contributed by atoms with Crippen molar-refractivity contribution in [2.75, 3.05) is 0 Å². The highest BCUT2D eigenvalue weighted by molar-refractivity contribution is 5.58. The second kappa shape index (κ2) is 2.97. The SMILES string of the molecule is Cc1cn(C2=CCCC=C2)cn1. The molecule has 0 radical (unpaired) electrons. The molecule has 12 heavy (non-hydrogen) atoms. The molecule has 0 aromatic carbocycles. The van der Waals surface area contributed by atoms with Crippen molar-refractivity contribution in [1.82, 2.24) is 9.55 Å². The zero-order valence-corrected chi connectivity index (χ0v) is 7.20. The molecule has 0 fully saturated rings. The predicted octanol–water partition coefficient (Wildman–Crippen LogP) is 2.38. The summed E-state index contributed by atoms with van der Waals surface area (Å²) in [7, 11) is 0. The van der Waals surface area contributed by atoms with Gasteiger partial charge in [-0.3, -0.25) is 0 Å². The molecule has 1 aromatic heterocycles. The molecular formula is C10H12N2. The standard InChI is InChI=1S/C10H12N2/c1-9-7-12(8-11-9)10-5-3-2-4-6-10/h3,5-8H,2,4H2,1H3. The summed E-state index contributed by atoms with van der Waals surface area (Å²) < 4.78 is 2.06. The zero-order chi connectivity index (χ0) is 8.39. The molecule has 62 valence electrons. The Morgan fingerprint density at radius 2 is 2.33 bits per heavy atom. The van der Waals surface area contributed by atoms with E-state index in [4.69, 9.17) is 0 Å². The second-order valence-electron chi connectivity index (χ2n) is 3.03. The van der Waals surface area contributed by atoms with Gasteiger partial charge in [-0.05, 0) is 25.8 Å². The molecule has 1 heterocycles. The average Bonchev–Trinajstić information content (AvgIpc) is 2.54. The summed E-state index contributed by atoms with van der Waals surface area (Å²) in [4.78, 5) is 4.18. The van der Waals surface area contributed by atoms with E-state index in [1.54, 1.807) is 0 Å². The van der Waals surface area contributed by atoms with Crippen molar-refractivity contribution in [3.8, 4) is 0 Å². The maximum atomic E-state index is 4.18. The van der Waals surface area contributed by atoms with E-state index in [-0.39, 0.29) is 0 Å². The van der Waals surface area contributed by atoms with Crippen LogP contribution in [0, 0.1) is 6.92 Å². The van der Waals surface area contributed by atoms with E-state index in [1.165, 1.54) is 5.70 Å². The van der Waals surface area contributed by atoms with Crippen LogP contribution in [-0.2, 0) is 0 Å². The Bertz CT molecular complexity index is 331. The van der Waals surface area contributed by atoms with Crippen molar-refractivity contribution in [3.63, 3.8) is 0 Å². The molecule has 0 bridgehead atoms. The molecule has 0 aliphatic heterocycles. The minimum absolute atomic E-state index is 1.06. The molecule has 0 saturated carbocycles. The summed E-state index contributed by atoms with van der Waals surface area (Å²) in [6.07, 6.45) is 12.8. The van der Waals surface area contributed by atoms with E-state index in [1.807, 2.05) is 19.4 Å². The number of allylic oxidation sites excluding steroid dienone is 4. The van der Waals surface area contributed by atoms with Crippen molar-refractivity contribution < 1.29 is 0 Å². The molecule has 0 unspecified atom stereocenters. The molecule has 1 aliphatic carbocycles. The monoisotopic (exact) mass is 160 g/mol. The van der Waals surface area contributed by atoms with Crippen LogP contribution in [0.3, 0.4) is 0 Å². The number of aromatic nitrogens is 2. The Balaban J connectivity index is 2.30. The van der Waals surface area contributed by atoms with Gasteiger partial charge in [0.2, 0.25) is 0 Å². The largest absolute Gasteiger partial charge is 0.306 e. The molecular weight excluding hydrogens is 148 g/mol. The third-order valence-electron chi connectivity index (χ3n) is 1.99. The molecule has 0 spiro atoms. The van der Waals surface area contributed by atoms with Gasteiger partial charge < -0.3 is 4.57 Å². The van der Waals surface area contributed by atoms with Gasteiger partial charge in [-0.1, -0.05) is 12.2 Å². The Kier molecular flexibility index (Phi) is 1.82. The number of imidazole rings is 1. The van der Waals surface area contributed by atoms with Crippen LogP contribution in [0.1, 0.15) is 18.5 Å². The molecule has 1 aliphatic rings. The van der Waals surface area contributed by atoms with Gasteiger partial charge in [-0.25, -0.2) is 4.98 Å². The first-order valence-corrected chi connectivity index (χ1v) is 4.24. The van der Waals surface area contributed by atoms with Gasteiger partial charge in [0.05, 0.1) is 12.0 Å². The Hall–Kier alpha value is -1.31. The lowest BCUT2D eigenvalue weighted by Crippen LogP contribution is -1.92. The van der Waals surface area contributed by atoms with Crippen LogP contribution < -0.4 is 0 Å². The van der Waals surface area contributed by atoms with Crippen LogP contribution in [0.2, 0.25) is 0 Å². The van der Waals surface area contributed by atoms with Crippen LogP contribution in [0.15, 0.2) is 30.8 Å². The lowest BCUT2D eigenvalue weighted by molar-refractivity contribution is 0.996. The lowest BCUT2D eigenvalue weighted by Gasteiger charge is -2.06. The smallest absolute Gasteiger partial charge is 0.0994 e. The summed E-state index contributed by atoms with van der Waals surface area (Å²) in [6.45, 7) is 2.00. The van der Waals surface area contributed by atoms with E-state index >= 15 is 0 Å². The lowest BCUT2D eigenvalue weighted by atomic mass is 10.1. The van der Waals surface area contributed by atoms with Crippen molar-refractivity contribution in [1.29, 1.82) is 0 Å². The minimum Gasteiger partial charge on any atom is -0.306 e. The number of rotatable bonds is 1. The van der Waals surface area contributed by atoms with Crippen molar-refractivity contribution in [2.24, 2.45) is 0 Å². The number of hydrogen-bond donors (Lipinski definition) is 0. The third kappa shape index (κ3) is 1.33. The first-order valence-electron chi connectivity index (χ1n) is 4.24. The maximum absolute atomic E-state index is 4.18. The summed E-state index contributed by atoms with van der Waals surface area (Å²) in [5.74, 6) is 0.